The Labute approximate surface area is 166 Å². The van der Waals surface area contributed by atoms with Crippen molar-refractivity contribution in [2.45, 2.75) is 33.6 Å². The monoisotopic (exact) mass is 384 g/mol. The topological polar surface area (TPSA) is 69.2 Å². The maximum Gasteiger partial charge on any atom is 0.277 e. The van der Waals surface area contributed by atoms with Crippen LogP contribution in [0.2, 0.25) is 0 Å². The largest absolute Gasteiger partial charge is 0.490 e. The van der Waals surface area contributed by atoms with Gasteiger partial charge in [0, 0.05) is 0 Å². The van der Waals surface area contributed by atoms with Gasteiger partial charge in [-0.3, -0.25) is 4.79 Å². The van der Waals surface area contributed by atoms with Crippen LogP contribution in [-0.4, -0.2) is 31.9 Å². The molecule has 0 atom stereocenters. The van der Waals surface area contributed by atoms with Crippen molar-refractivity contribution in [3.63, 3.8) is 0 Å². The fourth-order valence-corrected chi connectivity index (χ4v) is 2.55. The Kier molecular flexibility index (Phi) is 8.85. The molecule has 2 aromatic rings. The Hall–Kier alpha value is -3.02. The summed E-state index contributed by atoms with van der Waals surface area (Å²) in [7, 11) is 0. The fraction of sp³-hybridized carbons (Fsp3) is 0.364. The zero-order valence-electron chi connectivity index (χ0n) is 16.7. The van der Waals surface area contributed by atoms with Gasteiger partial charge >= 0.3 is 0 Å². The molecule has 150 valence electrons. The molecule has 6 heteroatoms. The van der Waals surface area contributed by atoms with E-state index in [1.807, 2.05) is 56.3 Å². The van der Waals surface area contributed by atoms with E-state index in [0.29, 0.717) is 30.5 Å². The summed E-state index contributed by atoms with van der Waals surface area (Å²) >= 11 is 0. The summed E-state index contributed by atoms with van der Waals surface area (Å²) in [5, 5.41) is 3.97. The molecular weight excluding hydrogens is 356 g/mol. The Morgan fingerprint density at radius 1 is 0.964 bits per heavy atom. The van der Waals surface area contributed by atoms with E-state index in [2.05, 4.69) is 17.5 Å². The van der Waals surface area contributed by atoms with E-state index in [1.165, 1.54) is 5.56 Å². The molecule has 6 nitrogen and oxygen atoms in total. The summed E-state index contributed by atoms with van der Waals surface area (Å²) in [6.45, 7) is 6.97. The van der Waals surface area contributed by atoms with Gasteiger partial charge in [-0.2, -0.15) is 5.10 Å². The number of benzene rings is 2. The van der Waals surface area contributed by atoms with Gasteiger partial charge in [-0.05, 0) is 61.7 Å². The van der Waals surface area contributed by atoms with Crippen LogP contribution in [0.25, 0.3) is 0 Å². The number of rotatable bonds is 11. The number of aryl methyl sites for hydroxylation is 1. The van der Waals surface area contributed by atoms with Crippen molar-refractivity contribution in [3.05, 3.63) is 53.6 Å². The van der Waals surface area contributed by atoms with Gasteiger partial charge in [0.15, 0.2) is 18.1 Å². The third-order valence-corrected chi connectivity index (χ3v) is 3.80. The summed E-state index contributed by atoms with van der Waals surface area (Å²) in [5.74, 6) is 1.66. The molecule has 0 aliphatic rings. The summed E-state index contributed by atoms with van der Waals surface area (Å²) in [4.78, 5) is 11.9. The Morgan fingerprint density at radius 2 is 1.68 bits per heavy atom. The average molecular weight is 384 g/mol. The van der Waals surface area contributed by atoms with Gasteiger partial charge in [0.1, 0.15) is 5.75 Å². The molecule has 0 spiro atoms. The van der Waals surface area contributed by atoms with Crippen molar-refractivity contribution in [1.29, 1.82) is 0 Å². The number of carbonyl (C=O) groups excluding carboxylic acids is 1. The van der Waals surface area contributed by atoms with E-state index in [9.17, 15) is 4.79 Å². The lowest BCUT2D eigenvalue weighted by atomic mass is 10.1. The number of nitrogens with one attached hydrogen (secondary N) is 1. The van der Waals surface area contributed by atoms with Crippen LogP contribution in [0, 0.1) is 0 Å². The number of hydrogen-bond acceptors (Lipinski definition) is 5. The van der Waals surface area contributed by atoms with Crippen molar-refractivity contribution < 1.29 is 19.0 Å². The minimum absolute atomic E-state index is 0.0993. The molecule has 28 heavy (non-hydrogen) atoms. The lowest BCUT2D eigenvalue weighted by molar-refractivity contribution is -0.123. The quantitative estimate of drug-likeness (QED) is 0.470. The molecule has 0 bridgehead atoms. The van der Waals surface area contributed by atoms with Crippen LogP contribution >= 0.6 is 0 Å². The van der Waals surface area contributed by atoms with Gasteiger partial charge in [-0.1, -0.05) is 25.5 Å². The molecule has 0 radical (unpaired) electrons. The fourth-order valence-electron chi connectivity index (χ4n) is 2.55. The Bertz CT molecular complexity index is 773. The van der Waals surface area contributed by atoms with Gasteiger partial charge in [-0.15, -0.1) is 0 Å². The molecule has 0 heterocycles. The molecule has 0 unspecified atom stereocenters. The van der Waals surface area contributed by atoms with Crippen LogP contribution in [0.15, 0.2) is 47.6 Å². The van der Waals surface area contributed by atoms with E-state index in [1.54, 1.807) is 6.21 Å². The third kappa shape index (κ3) is 6.95. The molecule has 0 fully saturated rings. The van der Waals surface area contributed by atoms with Crippen LogP contribution in [0.3, 0.4) is 0 Å². The number of amides is 1. The first-order valence-corrected chi connectivity index (χ1v) is 9.59. The minimum atomic E-state index is -0.329. The standard InChI is InChI=1S/C22H28N2O4/c1-4-7-17-8-11-19(12-9-17)28-16-22(25)24-23-15-18-10-13-20(26-5-2)21(14-18)27-6-3/h8-15H,4-7,16H2,1-3H3,(H,24,25)/b23-15+. The van der Waals surface area contributed by atoms with Crippen LogP contribution in [0.1, 0.15) is 38.3 Å². The number of ether oxygens (including phenoxy) is 3. The summed E-state index contributed by atoms with van der Waals surface area (Å²) in [6.07, 6.45) is 3.68. The first kappa shape index (κ1) is 21.3. The smallest absolute Gasteiger partial charge is 0.277 e. The van der Waals surface area contributed by atoms with Gasteiger partial charge in [0.05, 0.1) is 19.4 Å². The summed E-state index contributed by atoms with van der Waals surface area (Å²) in [5.41, 5.74) is 4.50. The maximum absolute atomic E-state index is 11.9. The molecule has 0 aliphatic carbocycles. The van der Waals surface area contributed by atoms with E-state index >= 15 is 0 Å². The molecular formula is C22H28N2O4. The van der Waals surface area contributed by atoms with Crippen molar-refractivity contribution >= 4 is 12.1 Å². The Balaban J connectivity index is 1.84. The van der Waals surface area contributed by atoms with Crippen molar-refractivity contribution in [1.82, 2.24) is 5.43 Å². The SMILES string of the molecule is CCCc1ccc(OCC(=O)N/N=C/c2ccc(OCC)c(OCC)c2)cc1. The highest BCUT2D eigenvalue weighted by molar-refractivity contribution is 5.83. The molecule has 0 aliphatic heterocycles. The summed E-state index contributed by atoms with van der Waals surface area (Å²) < 4.78 is 16.6. The predicted octanol–water partition coefficient (Wildman–Crippen LogP) is 3.97. The van der Waals surface area contributed by atoms with Crippen LogP contribution in [0.5, 0.6) is 17.2 Å². The second-order valence-electron chi connectivity index (χ2n) is 6.05. The molecule has 1 amide bonds. The predicted molar refractivity (Wildman–Crippen MR) is 110 cm³/mol. The first-order chi connectivity index (χ1) is 13.7. The minimum Gasteiger partial charge on any atom is -0.490 e. The highest BCUT2D eigenvalue weighted by atomic mass is 16.5. The highest BCUT2D eigenvalue weighted by Crippen LogP contribution is 2.27. The lowest BCUT2D eigenvalue weighted by Gasteiger charge is -2.11. The van der Waals surface area contributed by atoms with E-state index < -0.39 is 0 Å². The van der Waals surface area contributed by atoms with E-state index in [0.717, 1.165) is 18.4 Å². The normalized spacial score (nSPS) is 10.7. The number of nitrogens with zero attached hydrogens (tertiary/aromatic N) is 1. The first-order valence-electron chi connectivity index (χ1n) is 9.59. The van der Waals surface area contributed by atoms with E-state index in [4.69, 9.17) is 14.2 Å². The highest BCUT2D eigenvalue weighted by Gasteiger charge is 2.06. The summed E-state index contributed by atoms with van der Waals surface area (Å²) in [6, 6.07) is 13.2. The van der Waals surface area contributed by atoms with Crippen LogP contribution in [0.4, 0.5) is 0 Å². The second-order valence-corrected chi connectivity index (χ2v) is 6.05. The Morgan fingerprint density at radius 3 is 2.36 bits per heavy atom. The zero-order chi connectivity index (χ0) is 20.2. The third-order valence-electron chi connectivity index (χ3n) is 3.80. The van der Waals surface area contributed by atoms with Crippen LogP contribution < -0.4 is 19.6 Å². The van der Waals surface area contributed by atoms with Gasteiger partial charge in [0.25, 0.3) is 5.91 Å². The van der Waals surface area contributed by atoms with Gasteiger partial charge < -0.3 is 14.2 Å². The number of hydrogen-bond donors (Lipinski definition) is 1. The lowest BCUT2D eigenvalue weighted by Crippen LogP contribution is -2.24. The molecule has 0 saturated carbocycles. The molecule has 2 aromatic carbocycles. The van der Waals surface area contributed by atoms with Crippen molar-refractivity contribution in [2.24, 2.45) is 5.10 Å². The molecule has 1 N–H and O–H groups in total. The molecule has 2 rings (SSSR count). The van der Waals surface area contributed by atoms with Crippen molar-refractivity contribution in [2.75, 3.05) is 19.8 Å². The number of hydrazone groups is 1. The van der Waals surface area contributed by atoms with E-state index in [-0.39, 0.29) is 12.5 Å². The van der Waals surface area contributed by atoms with Gasteiger partial charge in [-0.25, -0.2) is 5.43 Å². The number of carbonyl (C=O) groups is 1. The maximum atomic E-state index is 11.9. The average Bonchev–Trinajstić information content (AvgIpc) is 2.70. The molecule has 0 aromatic heterocycles. The molecule has 0 saturated heterocycles. The second kappa shape index (κ2) is 11.6. The van der Waals surface area contributed by atoms with Crippen LogP contribution in [-0.2, 0) is 11.2 Å². The van der Waals surface area contributed by atoms with Crippen molar-refractivity contribution in [3.8, 4) is 17.2 Å². The zero-order valence-corrected chi connectivity index (χ0v) is 16.7. The van der Waals surface area contributed by atoms with Gasteiger partial charge in [0.2, 0.25) is 0 Å².